The predicted molar refractivity (Wildman–Crippen MR) is 83.4 cm³/mol. The smallest absolute Gasteiger partial charge is 0.00950 e. The van der Waals surface area contributed by atoms with E-state index in [4.69, 9.17) is 0 Å². The molecule has 0 aliphatic heterocycles. The Bertz CT molecular complexity index is 357. The Hall–Kier alpha value is -0.820. The summed E-state index contributed by atoms with van der Waals surface area (Å²) in [6, 6.07) is 11.7. The minimum atomic E-state index is 0.810. The van der Waals surface area contributed by atoms with Gasteiger partial charge in [0.05, 0.1) is 0 Å². The molecular formula is C18H29N. The molecule has 1 aromatic carbocycles. The molecule has 19 heavy (non-hydrogen) atoms. The number of rotatable bonds is 5. The third-order valence-electron chi connectivity index (χ3n) is 4.85. The normalized spacial score (nSPS) is 24.1. The molecule has 1 nitrogen and oxygen atoms in total. The lowest BCUT2D eigenvalue weighted by molar-refractivity contribution is 0.138. The highest BCUT2D eigenvalue weighted by molar-refractivity contribution is 5.14. The van der Waals surface area contributed by atoms with E-state index in [1.165, 1.54) is 44.2 Å². The van der Waals surface area contributed by atoms with Crippen LogP contribution in [0.5, 0.6) is 0 Å². The SMILES string of the molecule is CC(C)C1CCCC(N(C)CCc2ccccc2)C1. The summed E-state index contributed by atoms with van der Waals surface area (Å²) in [6.07, 6.45) is 6.85. The van der Waals surface area contributed by atoms with Crippen molar-refractivity contribution < 1.29 is 0 Å². The zero-order valence-corrected chi connectivity index (χ0v) is 12.8. The molecule has 0 radical (unpaired) electrons. The predicted octanol–water partition coefficient (Wildman–Crippen LogP) is 4.38. The minimum absolute atomic E-state index is 0.810. The van der Waals surface area contributed by atoms with Gasteiger partial charge in [0, 0.05) is 12.6 Å². The summed E-state index contributed by atoms with van der Waals surface area (Å²) in [7, 11) is 2.32. The fraction of sp³-hybridized carbons (Fsp3) is 0.667. The standard InChI is InChI=1S/C18H29N/c1-15(2)17-10-7-11-18(14-17)19(3)13-12-16-8-5-4-6-9-16/h4-6,8-9,15,17-18H,7,10-14H2,1-3H3. The number of nitrogens with zero attached hydrogens (tertiary/aromatic N) is 1. The Balaban J connectivity index is 1.81. The van der Waals surface area contributed by atoms with Gasteiger partial charge in [0.25, 0.3) is 0 Å². The highest BCUT2D eigenvalue weighted by Crippen LogP contribution is 2.32. The Morgan fingerprint density at radius 1 is 1.16 bits per heavy atom. The van der Waals surface area contributed by atoms with E-state index in [0.717, 1.165) is 17.9 Å². The third-order valence-corrected chi connectivity index (χ3v) is 4.85. The average Bonchev–Trinajstić information content (AvgIpc) is 2.46. The van der Waals surface area contributed by atoms with Crippen LogP contribution >= 0.6 is 0 Å². The van der Waals surface area contributed by atoms with Crippen LogP contribution in [0.2, 0.25) is 0 Å². The fourth-order valence-corrected chi connectivity index (χ4v) is 3.34. The summed E-state index contributed by atoms with van der Waals surface area (Å²) in [6.45, 7) is 5.97. The van der Waals surface area contributed by atoms with Crippen molar-refractivity contribution in [3.05, 3.63) is 35.9 Å². The van der Waals surface area contributed by atoms with E-state index in [-0.39, 0.29) is 0 Å². The molecule has 1 aliphatic carbocycles. The summed E-state index contributed by atoms with van der Waals surface area (Å²) in [5.41, 5.74) is 1.46. The minimum Gasteiger partial charge on any atom is -0.303 e. The largest absolute Gasteiger partial charge is 0.303 e. The van der Waals surface area contributed by atoms with Crippen LogP contribution in [-0.2, 0) is 6.42 Å². The lowest BCUT2D eigenvalue weighted by Crippen LogP contribution is -2.38. The van der Waals surface area contributed by atoms with Crippen molar-refractivity contribution in [3.63, 3.8) is 0 Å². The van der Waals surface area contributed by atoms with Crippen LogP contribution in [0.3, 0.4) is 0 Å². The molecule has 1 saturated carbocycles. The quantitative estimate of drug-likeness (QED) is 0.758. The lowest BCUT2D eigenvalue weighted by atomic mass is 9.79. The monoisotopic (exact) mass is 259 g/mol. The zero-order valence-electron chi connectivity index (χ0n) is 12.8. The number of benzene rings is 1. The van der Waals surface area contributed by atoms with E-state index in [1.54, 1.807) is 0 Å². The number of hydrogen-bond donors (Lipinski definition) is 0. The first-order chi connectivity index (χ1) is 9.16. The van der Waals surface area contributed by atoms with Gasteiger partial charge in [0.15, 0.2) is 0 Å². The highest BCUT2D eigenvalue weighted by atomic mass is 15.1. The van der Waals surface area contributed by atoms with Crippen LogP contribution < -0.4 is 0 Å². The van der Waals surface area contributed by atoms with Crippen molar-refractivity contribution in [3.8, 4) is 0 Å². The fourth-order valence-electron chi connectivity index (χ4n) is 3.34. The molecule has 0 saturated heterocycles. The van der Waals surface area contributed by atoms with Gasteiger partial charge in [-0.05, 0) is 43.7 Å². The Labute approximate surface area is 119 Å². The molecule has 1 heteroatoms. The zero-order chi connectivity index (χ0) is 13.7. The van der Waals surface area contributed by atoms with Gasteiger partial charge in [0.2, 0.25) is 0 Å². The molecule has 1 aromatic rings. The molecular weight excluding hydrogens is 230 g/mol. The van der Waals surface area contributed by atoms with E-state index in [0.29, 0.717) is 0 Å². The van der Waals surface area contributed by atoms with Gasteiger partial charge in [-0.15, -0.1) is 0 Å². The maximum Gasteiger partial charge on any atom is 0.00950 e. The van der Waals surface area contributed by atoms with Crippen LogP contribution in [-0.4, -0.2) is 24.5 Å². The molecule has 106 valence electrons. The maximum absolute atomic E-state index is 2.60. The number of likely N-dealkylation sites (N-methyl/N-ethyl adjacent to an activating group) is 1. The van der Waals surface area contributed by atoms with Gasteiger partial charge in [-0.3, -0.25) is 0 Å². The second-order valence-electron chi connectivity index (χ2n) is 6.54. The summed E-state index contributed by atoms with van der Waals surface area (Å²) < 4.78 is 0. The second-order valence-corrected chi connectivity index (χ2v) is 6.54. The first kappa shape index (κ1) is 14.6. The highest BCUT2D eigenvalue weighted by Gasteiger charge is 2.26. The molecule has 1 fully saturated rings. The molecule has 2 atom stereocenters. The first-order valence-electron chi connectivity index (χ1n) is 7.91. The van der Waals surface area contributed by atoms with Crippen LogP contribution in [0.1, 0.15) is 45.1 Å². The van der Waals surface area contributed by atoms with Crippen LogP contribution in [0, 0.1) is 11.8 Å². The number of hydrogen-bond acceptors (Lipinski definition) is 1. The van der Waals surface area contributed by atoms with E-state index in [2.05, 4.69) is 56.1 Å². The van der Waals surface area contributed by atoms with Crippen molar-refractivity contribution in [2.45, 2.75) is 52.0 Å². The Kier molecular flexibility index (Phi) is 5.45. The van der Waals surface area contributed by atoms with E-state index < -0.39 is 0 Å². The average molecular weight is 259 g/mol. The Morgan fingerprint density at radius 2 is 1.89 bits per heavy atom. The molecule has 0 bridgehead atoms. The summed E-state index contributed by atoms with van der Waals surface area (Å²) in [4.78, 5) is 2.60. The summed E-state index contributed by atoms with van der Waals surface area (Å²) in [5, 5.41) is 0. The van der Waals surface area contributed by atoms with Gasteiger partial charge in [0.1, 0.15) is 0 Å². The first-order valence-corrected chi connectivity index (χ1v) is 7.91. The van der Waals surface area contributed by atoms with E-state index >= 15 is 0 Å². The summed E-state index contributed by atoms with van der Waals surface area (Å²) in [5.74, 6) is 1.79. The van der Waals surface area contributed by atoms with Gasteiger partial charge in [-0.1, -0.05) is 57.0 Å². The maximum atomic E-state index is 2.60. The van der Waals surface area contributed by atoms with Crippen molar-refractivity contribution in [1.82, 2.24) is 4.90 Å². The molecule has 0 spiro atoms. The molecule has 1 aliphatic rings. The van der Waals surface area contributed by atoms with Crippen LogP contribution in [0.4, 0.5) is 0 Å². The van der Waals surface area contributed by atoms with Crippen molar-refractivity contribution >= 4 is 0 Å². The van der Waals surface area contributed by atoms with Gasteiger partial charge in [-0.25, -0.2) is 0 Å². The molecule has 0 heterocycles. The van der Waals surface area contributed by atoms with E-state index in [9.17, 15) is 0 Å². The molecule has 0 aromatic heterocycles. The second kappa shape index (κ2) is 7.09. The lowest BCUT2D eigenvalue weighted by Gasteiger charge is -2.37. The van der Waals surface area contributed by atoms with Crippen molar-refractivity contribution in [1.29, 1.82) is 0 Å². The summed E-state index contributed by atoms with van der Waals surface area (Å²) >= 11 is 0. The van der Waals surface area contributed by atoms with Gasteiger partial charge >= 0.3 is 0 Å². The molecule has 2 unspecified atom stereocenters. The van der Waals surface area contributed by atoms with Gasteiger partial charge < -0.3 is 4.90 Å². The molecule has 2 rings (SSSR count). The van der Waals surface area contributed by atoms with E-state index in [1.807, 2.05) is 0 Å². The van der Waals surface area contributed by atoms with Crippen LogP contribution in [0.15, 0.2) is 30.3 Å². The Morgan fingerprint density at radius 3 is 2.58 bits per heavy atom. The van der Waals surface area contributed by atoms with Gasteiger partial charge in [-0.2, -0.15) is 0 Å². The third kappa shape index (κ3) is 4.35. The van der Waals surface area contributed by atoms with Crippen LogP contribution in [0.25, 0.3) is 0 Å². The molecule has 0 N–H and O–H groups in total. The molecule has 0 amide bonds. The van der Waals surface area contributed by atoms with Crippen molar-refractivity contribution in [2.75, 3.05) is 13.6 Å². The van der Waals surface area contributed by atoms with Crippen molar-refractivity contribution in [2.24, 2.45) is 11.8 Å². The topological polar surface area (TPSA) is 3.24 Å².